The first-order valence-corrected chi connectivity index (χ1v) is 17.5. The molecule has 1 heterocycles. The van der Waals surface area contributed by atoms with Gasteiger partial charge in [-0.05, 0) is 62.9 Å². The van der Waals surface area contributed by atoms with Gasteiger partial charge in [-0.3, -0.25) is 29.0 Å². The van der Waals surface area contributed by atoms with E-state index in [1.807, 2.05) is 13.2 Å². The molecule has 268 valence electrons. The van der Waals surface area contributed by atoms with E-state index in [-0.39, 0.29) is 37.3 Å². The van der Waals surface area contributed by atoms with Crippen LogP contribution < -0.4 is 38.5 Å². The monoisotopic (exact) mass is 685 g/mol. The number of carbonyl (C=O) groups excluding carboxylic acids is 5. The number of nitrogens with one attached hydrogen (secondary N) is 4. The maximum atomic E-state index is 13.5. The van der Waals surface area contributed by atoms with Crippen LogP contribution in [-0.4, -0.2) is 113 Å². The van der Waals surface area contributed by atoms with Gasteiger partial charge in [-0.2, -0.15) is 11.8 Å². The van der Waals surface area contributed by atoms with Crippen molar-refractivity contribution in [2.75, 3.05) is 25.1 Å². The molecule has 1 aliphatic rings. The third-order valence-electron chi connectivity index (χ3n) is 8.14. The SMILES string of the molecule is CC[C@H](C)[C@H](NC(=O)[C@@H](NC(=O)[C@@H]1CCCN1C(=O)[C@H](C)NC(=O)[C@H](CCCN=C(N)N)NC(=O)[C@@H](N)CCSC)C(C)C)C(=O)O. The fourth-order valence-electron chi connectivity index (χ4n) is 5.07. The second-order valence-electron chi connectivity index (χ2n) is 12.3. The van der Waals surface area contributed by atoms with Crippen LogP contribution in [0.4, 0.5) is 0 Å². The molecule has 1 saturated heterocycles. The van der Waals surface area contributed by atoms with E-state index >= 15 is 0 Å². The molecule has 16 nitrogen and oxygen atoms in total. The molecular formula is C30H55N9O7S. The fraction of sp³-hybridized carbons (Fsp3) is 0.767. The van der Waals surface area contributed by atoms with E-state index in [4.69, 9.17) is 17.2 Å². The van der Waals surface area contributed by atoms with Crippen LogP contribution in [0.25, 0.3) is 0 Å². The molecule has 1 aliphatic heterocycles. The van der Waals surface area contributed by atoms with Gasteiger partial charge < -0.3 is 48.5 Å². The normalized spacial score (nSPS) is 18.2. The standard InChI is InChI=1S/C30H55N9O7S/c1-7-17(4)23(29(45)46)38-27(43)22(16(2)3)37-26(42)21-11-9-14-39(21)28(44)18(5)35-25(41)20(10-8-13-34-30(32)33)36-24(40)19(31)12-15-47-6/h16-23H,7-15,31H2,1-6H3,(H,35,41)(H,36,40)(H,37,42)(H,38,43)(H,45,46)(H4,32,33,34)/t17-,18-,19-,20-,21-,22-,23-/m0/s1. The van der Waals surface area contributed by atoms with E-state index < -0.39 is 71.8 Å². The summed E-state index contributed by atoms with van der Waals surface area (Å²) in [6.45, 7) is 8.95. The lowest BCUT2D eigenvalue weighted by Gasteiger charge is -2.31. The number of thioether (sulfide) groups is 1. The maximum Gasteiger partial charge on any atom is 0.326 e. The number of hydrogen-bond donors (Lipinski definition) is 8. The lowest BCUT2D eigenvalue weighted by molar-refractivity contribution is -0.144. The molecule has 0 bridgehead atoms. The van der Waals surface area contributed by atoms with Crippen molar-refractivity contribution >= 4 is 53.2 Å². The van der Waals surface area contributed by atoms with Gasteiger partial charge in [0.05, 0.1) is 6.04 Å². The number of aliphatic carboxylic acids is 1. The summed E-state index contributed by atoms with van der Waals surface area (Å²) >= 11 is 1.54. The minimum atomic E-state index is -1.17. The first-order chi connectivity index (χ1) is 22.0. The number of guanidine groups is 1. The topological polar surface area (TPSA) is 264 Å². The maximum absolute atomic E-state index is 13.5. The van der Waals surface area contributed by atoms with Gasteiger partial charge in [-0.25, -0.2) is 4.79 Å². The predicted octanol–water partition coefficient (Wildman–Crippen LogP) is -1.14. The molecule has 7 atom stereocenters. The first kappa shape index (κ1) is 41.4. The van der Waals surface area contributed by atoms with Gasteiger partial charge in [-0.15, -0.1) is 0 Å². The first-order valence-electron chi connectivity index (χ1n) is 16.1. The van der Waals surface area contributed by atoms with Crippen LogP contribution in [0.15, 0.2) is 4.99 Å². The van der Waals surface area contributed by atoms with Crippen molar-refractivity contribution in [3.8, 4) is 0 Å². The predicted molar refractivity (Wildman–Crippen MR) is 181 cm³/mol. The third kappa shape index (κ3) is 13.6. The van der Waals surface area contributed by atoms with Gasteiger partial charge in [-0.1, -0.05) is 34.1 Å². The van der Waals surface area contributed by atoms with Gasteiger partial charge in [0.1, 0.15) is 30.2 Å². The summed E-state index contributed by atoms with van der Waals surface area (Å²) in [4.78, 5) is 83.1. The van der Waals surface area contributed by atoms with Gasteiger partial charge in [0.25, 0.3) is 0 Å². The molecule has 0 unspecified atom stereocenters. The van der Waals surface area contributed by atoms with E-state index in [1.165, 1.54) is 23.6 Å². The van der Waals surface area contributed by atoms with E-state index in [1.54, 1.807) is 20.8 Å². The summed E-state index contributed by atoms with van der Waals surface area (Å²) in [6.07, 6.45) is 4.24. The minimum absolute atomic E-state index is 0.103. The largest absolute Gasteiger partial charge is 0.480 e. The molecule has 5 amide bonds. The smallest absolute Gasteiger partial charge is 0.326 e. The number of likely N-dealkylation sites (tertiary alicyclic amines) is 1. The highest BCUT2D eigenvalue weighted by atomic mass is 32.2. The Morgan fingerprint density at radius 1 is 0.936 bits per heavy atom. The second kappa shape index (κ2) is 20.6. The summed E-state index contributed by atoms with van der Waals surface area (Å²) in [5.74, 6) is -4.11. The lowest BCUT2D eigenvalue weighted by Crippen LogP contribution is -2.59. The molecule has 1 fully saturated rings. The van der Waals surface area contributed by atoms with Gasteiger partial charge >= 0.3 is 5.97 Å². The number of rotatable bonds is 20. The molecule has 0 aromatic rings. The fourth-order valence-corrected chi connectivity index (χ4v) is 5.55. The Hall–Kier alpha value is -3.60. The molecule has 0 aromatic heterocycles. The number of carboxylic acid groups (broad SMARTS) is 1. The van der Waals surface area contributed by atoms with Crippen molar-refractivity contribution in [3.63, 3.8) is 0 Å². The van der Waals surface area contributed by atoms with Crippen molar-refractivity contribution in [3.05, 3.63) is 0 Å². The Bertz CT molecular complexity index is 1120. The van der Waals surface area contributed by atoms with Crippen LogP contribution in [0.1, 0.15) is 73.1 Å². The quantitative estimate of drug-likeness (QED) is 0.0431. The van der Waals surface area contributed by atoms with E-state index in [9.17, 15) is 33.9 Å². The number of carboxylic acids is 1. The Kier molecular flexibility index (Phi) is 18.2. The lowest BCUT2D eigenvalue weighted by atomic mass is 9.97. The molecule has 0 saturated carbocycles. The van der Waals surface area contributed by atoms with Crippen molar-refractivity contribution < 1.29 is 33.9 Å². The number of amides is 5. The van der Waals surface area contributed by atoms with Crippen LogP contribution in [0.5, 0.6) is 0 Å². The van der Waals surface area contributed by atoms with Crippen LogP contribution in [-0.2, 0) is 28.8 Å². The van der Waals surface area contributed by atoms with Crippen LogP contribution in [0.2, 0.25) is 0 Å². The highest BCUT2D eigenvalue weighted by Crippen LogP contribution is 2.20. The van der Waals surface area contributed by atoms with Gasteiger partial charge in [0.15, 0.2) is 5.96 Å². The van der Waals surface area contributed by atoms with E-state index in [0.29, 0.717) is 37.9 Å². The van der Waals surface area contributed by atoms with Crippen LogP contribution >= 0.6 is 11.8 Å². The zero-order valence-corrected chi connectivity index (χ0v) is 29.2. The van der Waals surface area contributed by atoms with Gasteiger partial charge in [0, 0.05) is 13.1 Å². The average Bonchev–Trinajstić information content (AvgIpc) is 3.51. The summed E-state index contributed by atoms with van der Waals surface area (Å²) in [5.41, 5.74) is 16.7. The van der Waals surface area contributed by atoms with Crippen molar-refractivity contribution in [2.24, 2.45) is 34.0 Å². The molecule has 1 rings (SSSR count). The molecule has 0 radical (unpaired) electrons. The zero-order valence-electron chi connectivity index (χ0n) is 28.4. The number of carbonyl (C=O) groups is 6. The van der Waals surface area contributed by atoms with E-state index in [2.05, 4.69) is 26.3 Å². The average molecular weight is 686 g/mol. The molecule has 0 spiro atoms. The Morgan fingerprint density at radius 3 is 2.15 bits per heavy atom. The third-order valence-corrected chi connectivity index (χ3v) is 8.78. The number of aliphatic imine (C=N–C) groups is 1. The molecule has 47 heavy (non-hydrogen) atoms. The molecule has 11 N–H and O–H groups in total. The summed E-state index contributed by atoms with van der Waals surface area (Å²) < 4.78 is 0. The zero-order chi connectivity index (χ0) is 35.8. The highest BCUT2D eigenvalue weighted by Gasteiger charge is 2.39. The molecular weight excluding hydrogens is 630 g/mol. The van der Waals surface area contributed by atoms with Crippen molar-refractivity contribution in [1.29, 1.82) is 0 Å². The van der Waals surface area contributed by atoms with Crippen LogP contribution in [0.3, 0.4) is 0 Å². The highest BCUT2D eigenvalue weighted by molar-refractivity contribution is 7.98. The van der Waals surface area contributed by atoms with E-state index in [0.717, 1.165) is 0 Å². The number of hydrogen-bond acceptors (Lipinski definition) is 9. The van der Waals surface area contributed by atoms with Crippen molar-refractivity contribution in [1.82, 2.24) is 26.2 Å². The Labute approximate surface area is 281 Å². The van der Waals surface area contributed by atoms with Gasteiger partial charge in [0.2, 0.25) is 29.5 Å². The molecule has 0 aliphatic carbocycles. The Balaban J connectivity index is 3.00. The number of nitrogens with two attached hydrogens (primary N) is 3. The number of nitrogens with zero attached hydrogens (tertiary/aromatic N) is 2. The summed E-state index contributed by atoms with van der Waals surface area (Å²) in [5, 5.41) is 20.2. The molecule has 0 aromatic carbocycles. The van der Waals surface area contributed by atoms with Crippen molar-refractivity contribution in [2.45, 2.75) is 109 Å². The van der Waals surface area contributed by atoms with Crippen LogP contribution in [0, 0.1) is 11.8 Å². The second-order valence-corrected chi connectivity index (χ2v) is 13.2. The molecule has 17 heteroatoms. The Morgan fingerprint density at radius 2 is 1.60 bits per heavy atom. The summed E-state index contributed by atoms with van der Waals surface area (Å²) in [6, 6.07) is -5.93. The minimum Gasteiger partial charge on any atom is -0.480 e. The summed E-state index contributed by atoms with van der Waals surface area (Å²) in [7, 11) is 0.